The van der Waals surface area contributed by atoms with Crippen LogP contribution in [0.4, 0.5) is 0 Å². The monoisotopic (exact) mass is 258 g/mol. The van der Waals surface area contributed by atoms with E-state index in [0.29, 0.717) is 5.88 Å². The van der Waals surface area contributed by atoms with Crippen molar-refractivity contribution in [2.75, 3.05) is 13.7 Å². The average molecular weight is 258 g/mol. The minimum absolute atomic E-state index is 0.144. The Morgan fingerprint density at radius 1 is 1.16 bits per heavy atom. The Labute approximate surface area is 113 Å². The molecule has 0 amide bonds. The topological polar surface area (TPSA) is 59.9 Å². The summed E-state index contributed by atoms with van der Waals surface area (Å²) in [6, 6.07) is 7.95. The molecule has 0 bridgehead atoms. The van der Waals surface area contributed by atoms with Crippen LogP contribution in [0.25, 0.3) is 0 Å². The molecule has 100 valence electrons. The number of hydrogen-bond donors (Lipinski definition) is 1. The molecule has 0 saturated carbocycles. The summed E-state index contributed by atoms with van der Waals surface area (Å²) in [7, 11) is 1.59. The van der Waals surface area contributed by atoms with Gasteiger partial charge in [-0.05, 0) is 36.7 Å². The van der Waals surface area contributed by atoms with Crippen LogP contribution in [-0.4, -0.2) is 28.8 Å². The Balaban J connectivity index is 2.14. The predicted octanol–water partition coefficient (Wildman–Crippen LogP) is 1.77. The molecular formula is C14H18N4O. The first-order valence-corrected chi connectivity index (χ1v) is 6.33. The molecule has 5 nitrogen and oxygen atoms in total. The van der Waals surface area contributed by atoms with E-state index in [1.165, 1.54) is 5.56 Å². The number of pyridine rings is 1. The van der Waals surface area contributed by atoms with Crippen molar-refractivity contribution >= 4 is 0 Å². The second-order valence-corrected chi connectivity index (χ2v) is 4.17. The number of hydrogen-bond acceptors (Lipinski definition) is 5. The minimum Gasteiger partial charge on any atom is -0.480 e. The lowest BCUT2D eigenvalue weighted by Gasteiger charge is -2.17. The van der Waals surface area contributed by atoms with Crippen molar-refractivity contribution in [3.63, 3.8) is 0 Å². The fourth-order valence-corrected chi connectivity index (χ4v) is 1.91. The molecule has 2 rings (SSSR count). The van der Waals surface area contributed by atoms with Gasteiger partial charge in [-0.2, -0.15) is 5.10 Å². The van der Waals surface area contributed by atoms with Gasteiger partial charge in [-0.15, -0.1) is 5.10 Å². The molecule has 0 aromatic carbocycles. The summed E-state index contributed by atoms with van der Waals surface area (Å²) in [5, 5.41) is 11.7. The van der Waals surface area contributed by atoms with Gasteiger partial charge in [-0.25, -0.2) is 0 Å². The number of methoxy groups -OCH3 is 1. The smallest absolute Gasteiger partial charge is 0.233 e. The van der Waals surface area contributed by atoms with Crippen LogP contribution in [0.15, 0.2) is 36.7 Å². The largest absolute Gasteiger partial charge is 0.480 e. The first-order chi connectivity index (χ1) is 9.33. The van der Waals surface area contributed by atoms with Crippen LogP contribution in [-0.2, 0) is 6.42 Å². The van der Waals surface area contributed by atoms with E-state index >= 15 is 0 Å². The summed E-state index contributed by atoms with van der Waals surface area (Å²) in [5.74, 6) is 0.530. The van der Waals surface area contributed by atoms with E-state index in [-0.39, 0.29) is 6.04 Å². The molecule has 0 radical (unpaired) electrons. The fraction of sp³-hybridized carbons (Fsp3) is 0.357. The van der Waals surface area contributed by atoms with Crippen LogP contribution >= 0.6 is 0 Å². The highest BCUT2D eigenvalue weighted by Crippen LogP contribution is 2.17. The average Bonchev–Trinajstić information content (AvgIpc) is 2.48. The highest BCUT2D eigenvalue weighted by molar-refractivity contribution is 5.18. The molecule has 2 heterocycles. The van der Waals surface area contributed by atoms with Gasteiger partial charge in [0.25, 0.3) is 0 Å². The van der Waals surface area contributed by atoms with Crippen LogP contribution in [0.2, 0.25) is 0 Å². The van der Waals surface area contributed by atoms with Crippen LogP contribution in [0.1, 0.15) is 24.2 Å². The summed E-state index contributed by atoms with van der Waals surface area (Å²) in [6.45, 7) is 2.96. The van der Waals surface area contributed by atoms with Gasteiger partial charge in [0.15, 0.2) is 0 Å². The number of nitrogens with one attached hydrogen (secondary N) is 1. The zero-order valence-electron chi connectivity index (χ0n) is 11.2. The van der Waals surface area contributed by atoms with Crippen LogP contribution in [0.3, 0.4) is 0 Å². The third kappa shape index (κ3) is 3.72. The Morgan fingerprint density at radius 3 is 2.53 bits per heavy atom. The molecule has 0 spiro atoms. The minimum atomic E-state index is 0.144. The van der Waals surface area contributed by atoms with Gasteiger partial charge < -0.3 is 10.1 Å². The molecule has 0 aliphatic rings. The van der Waals surface area contributed by atoms with Crippen molar-refractivity contribution < 1.29 is 4.74 Å². The number of likely N-dealkylation sites (N-methyl/N-ethyl adjacent to an activating group) is 1. The van der Waals surface area contributed by atoms with Gasteiger partial charge in [0.1, 0.15) is 0 Å². The normalized spacial score (nSPS) is 12.1. The van der Waals surface area contributed by atoms with Crippen molar-refractivity contribution in [3.8, 4) is 5.88 Å². The van der Waals surface area contributed by atoms with E-state index in [2.05, 4.69) is 27.4 Å². The molecule has 2 aromatic rings. The SMILES string of the molecule is CCNC(Cc1ccncc1)c1ccc(OC)nn1. The van der Waals surface area contributed by atoms with E-state index in [9.17, 15) is 0 Å². The second kappa shape index (κ2) is 6.80. The molecule has 2 aromatic heterocycles. The van der Waals surface area contributed by atoms with Crippen molar-refractivity contribution in [2.24, 2.45) is 0 Å². The molecule has 0 aliphatic heterocycles. The summed E-state index contributed by atoms with van der Waals surface area (Å²) in [4.78, 5) is 4.03. The van der Waals surface area contributed by atoms with Gasteiger partial charge in [0.05, 0.1) is 18.8 Å². The maximum Gasteiger partial charge on any atom is 0.233 e. The molecule has 0 aliphatic carbocycles. The molecular weight excluding hydrogens is 240 g/mol. The zero-order chi connectivity index (χ0) is 13.5. The first kappa shape index (κ1) is 13.4. The highest BCUT2D eigenvalue weighted by Gasteiger charge is 2.13. The number of aromatic nitrogens is 3. The van der Waals surface area contributed by atoms with Crippen LogP contribution < -0.4 is 10.1 Å². The van der Waals surface area contributed by atoms with Crippen molar-refractivity contribution in [2.45, 2.75) is 19.4 Å². The van der Waals surface area contributed by atoms with E-state index in [1.54, 1.807) is 19.5 Å². The summed E-state index contributed by atoms with van der Waals surface area (Å²) >= 11 is 0. The summed E-state index contributed by atoms with van der Waals surface area (Å²) in [6.07, 6.45) is 4.47. The fourth-order valence-electron chi connectivity index (χ4n) is 1.91. The lowest BCUT2D eigenvalue weighted by Crippen LogP contribution is -2.24. The summed E-state index contributed by atoms with van der Waals surface area (Å²) in [5.41, 5.74) is 2.14. The number of rotatable bonds is 6. The first-order valence-electron chi connectivity index (χ1n) is 6.33. The third-order valence-electron chi connectivity index (χ3n) is 2.87. The maximum absolute atomic E-state index is 5.02. The molecule has 19 heavy (non-hydrogen) atoms. The lowest BCUT2D eigenvalue weighted by molar-refractivity contribution is 0.389. The van der Waals surface area contributed by atoms with Gasteiger partial charge in [0, 0.05) is 18.5 Å². The van der Waals surface area contributed by atoms with Crippen molar-refractivity contribution in [1.82, 2.24) is 20.5 Å². The quantitative estimate of drug-likeness (QED) is 0.855. The maximum atomic E-state index is 5.02. The standard InChI is InChI=1S/C14H18N4O/c1-3-16-13(10-11-6-8-15-9-7-11)12-4-5-14(19-2)18-17-12/h4-9,13,16H,3,10H2,1-2H3. The Kier molecular flexibility index (Phi) is 4.80. The Hall–Kier alpha value is -2.01. The van der Waals surface area contributed by atoms with Crippen molar-refractivity contribution in [3.05, 3.63) is 47.9 Å². The van der Waals surface area contributed by atoms with Crippen LogP contribution in [0, 0.1) is 0 Å². The van der Waals surface area contributed by atoms with Gasteiger partial charge >= 0.3 is 0 Å². The molecule has 1 atom stereocenters. The molecule has 5 heteroatoms. The van der Waals surface area contributed by atoms with E-state index in [4.69, 9.17) is 4.74 Å². The zero-order valence-corrected chi connectivity index (χ0v) is 11.2. The van der Waals surface area contributed by atoms with E-state index < -0.39 is 0 Å². The van der Waals surface area contributed by atoms with Gasteiger partial charge in [-0.3, -0.25) is 4.98 Å². The van der Waals surface area contributed by atoms with Crippen molar-refractivity contribution in [1.29, 1.82) is 0 Å². The molecule has 0 fully saturated rings. The molecule has 1 N–H and O–H groups in total. The molecule has 0 saturated heterocycles. The number of nitrogens with zero attached hydrogens (tertiary/aromatic N) is 3. The van der Waals surface area contributed by atoms with Gasteiger partial charge in [0.2, 0.25) is 5.88 Å². The second-order valence-electron chi connectivity index (χ2n) is 4.17. The van der Waals surface area contributed by atoms with Crippen LogP contribution in [0.5, 0.6) is 5.88 Å². The highest BCUT2D eigenvalue weighted by atomic mass is 16.5. The number of ether oxygens (including phenoxy) is 1. The molecule has 1 unspecified atom stereocenters. The Bertz CT molecular complexity index is 487. The van der Waals surface area contributed by atoms with E-state index in [1.807, 2.05) is 24.3 Å². The summed E-state index contributed by atoms with van der Waals surface area (Å²) < 4.78 is 5.02. The van der Waals surface area contributed by atoms with E-state index in [0.717, 1.165) is 18.7 Å². The Morgan fingerprint density at radius 2 is 1.95 bits per heavy atom. The lowest BCUT2D eigenvalue weighted by atomic mass is 10.0. The predicted molar refractivity (Wildman–Crippen MR) is 72.9 cm³/mol. The third-order valence-corrected chi connectivity index (χ3v) is 2.87. The van der Waals surface area contributed by atoms with Gasteiger partial charge in [-0.1, -0.05) is 6.92 Å².